The Hall–Kier alpha value is -2.08. The van der Waals surface area contributed by atoms with Crippen molar-refractivity contribution in [2.45, 2.75) is 13.0 Å². The van der Waals surface area contributed by atoms with Crippen LogP contribution in [0.1, 0.15) is 18.5 Å². The highest BCUT2D eigenvalue weighted by Gasteiger charge is 2.17. The van der Waals surface area contributed by atoms with Gasteiger partial charge in [0, 0.05) is 5.02 Å². The molecule has 0 aliphatic heterocycles. The molecule has 1 unspecified atom stereocenters. The molecule has 0 radical (unpaired) electrons. The molecule has 2 atom stereocenters. The summed E-state index contributed by atoms with van der Waals surface area (Å²) >= 11 is 11.9. The minimum Gasteiger partial charge on any atom is -0.345 e. The smallest absolute Gasteiger partial charge is 0.279 e. The zero-order valence-corrected chi connectivity index (χ0v) is 16.2. The molecule has 0 fully saturated rings. The quantitative estimate of drug-likeness (QED) is 0.674. The van der Waals surface area contributed by atoms with Crippen LogP contribution in [0.25, 0.3) is 0 Å². The number of quaternary nitrogens is 1. The molecule has 138 valence electrons. The molecule has 0 saturated heterocycles. The van der Waals surface area contributed by atoms with E-state index in [0.29, 0.717) is 15.7 Å². The summed E-state index contributed by atoms with van der Waals surface area (Å²) in [6.45, 7) is 2.25. The van der Waals surface area contributed by atoms with Crippen molar-refractivity contribution in [2.24, 2.45) is 0 Å². The van der Waals surface area contributed by atoms with Gasteiger partial charge in [-0.3, -0.25) is 9.59 Å². The molecule has 0 aliphatic rings. The average molecular weight is 395 g/mol. The van der Waals surface area contributed by atoms with Gasteiger partial charge in [0.1, 0.15) is 0 Å². The third-order valence-corrected chi connectivity index (χ3v) is 4.40. The van der Waals surface area contributed by atoms with Crippen LogP contribution < -0.4 is 15.5 Å². The fourth-order valence-electron chi connectivity index (χ4n) is 2.49. The minimum absolute atomic E-state index is 0.129. The number of carbonyl (C=O) groups excluding carboxylic acids is 2. The molecule has 26 heavy (non-hydrogen) atoms. The largest absolute Gasteiger partial charge is 0.345 e. The van der Waals surface area contributed by atoms with E-state index < -0.39 is 0 Å². The monoisotopic (exact) mass is 394 g/mol. The number of para-hydroxylation sites is 1. The molecule has 3 N–H and O–H groups in total. The predicted molar refractivity (Wildman–Crippen MR) is 105 cm³/mol. The van der Waals surface area contributed by atoms with Crippen LogP contribution in [-0.2, 0) is 9.59 Å². The highest BCUT2D eigenvalue weighted by Crippen LogP contribution is 2.20. The first-order valence-corrected chi connectivity index (χ1v) is 9.01. The first-order chi connectivity index (χ1) is 12.3. The summed E-state index contributed by atoms with van der Waals surface area (Å²) in [6.07, 6.45) is 0. The predicted octanol–water partition coefficient (Wildman–Crippen LogP) is 2.32. The van der Waals surface area contributed by atoms with Gasteiger partial charge >= 0.3 is 0 Å². The summed E-state index contributed by atoms with van der Waals surface area (Å²) in [5.74, 6) is -0.329. The Labute approximate surface area is 163 Å². The zero-order chi connectivity index (χ0) is 19.1. The first kappa shape index (κ1) is 20.2. The van der Waals surface area contributed by atoms with Crippen LogP contribution >= 0.6 is 23.2 Å². The van der Waals surface area contributed by atoms with Gasteiger partial charge in [0.05, 0.1) is 23.8 Å². The van der Waals surface area contributed by atoms with Crippen molar-refractivity contribution in [2.75, 3.05) is 25.5 Å². The van der Waals surface area contributed by atoms with Crippen LogP contribution in [0.2, 0.25) is 10.0 Å². The number of rotatable bonds is 7. The van der Waals surface area contributed by atoms with Gasteiger partial charge in [0.25, 0.3) is 11.8 Å². The van der Waals surface area contributed by atoms with E-state index in [9.17, 15) is 9.59 Å². The number of anilines is 1. The van der Waals surface area contributed by atoms with E-state index in [0.717, 1.165) is 10.5 Å². The number of carbonyl (C=O) groups is 2. The van der Waals surface area contributed by atoms with Gasteiger partial charge in [-0.2, -0.15) is 0 Å². The van der Waals surface area contributed by atoms with Gasteiger partial charge in [-0.15, -0.1) is 0 Å². The van der Waals surface area contributed by atoms with Crippen LogP contribution in [-0.4, -0.2) is 32.0 Å². The van der Waals surface area contributed by atoms with E-state index >= 15 is 0 Å². The van der Waals surface area contributed by atoms with Crippen molar-refractivity contribution in [1.82, 2.24) is 5.32 Å². The van der Waals surface area contributed by atoms with E-state index in [1.165, 1.54) is 0 Å². The van der Waals surface area contributed by atoms with Gasteiger partial charge in [-0.1, -0.05) is 47.5 Å². The lowest BCUT2D eigenvalue weighted by Gasteiger charge is -2.17. The molecule has 5 nitrogen and oxygen atoms in total. The minimum atomic E-state index is -0.200. The Kier molecular flexibility index (Phi) is 7.45. The van der Waals surface area contributed by atoms with Crippen LogP contribution in [0.15, 0.2) is 48.5 Å². The Morgan fingerprint density at radius 1 is 1.00 bits per heavy atom. The van der Waals surface area contributed by atoms with Gasteiger partial charge in [0.15, 0.2) is 13.1 Å². The number of amides is 2. The van der Waals surface area contributed by atoms with Gasteiger partial charge in [0.2, 0.25) is 0 Å². The molecule has 0 aliphatic carbocycles. The number of halogens is 2. The second-order valence-corrected chi connectivity index (χ2v) is 7.02. The molecule has 0 spiro atoms. The molecule has 0 aromatic heterocycles. The normalized spacial score (nSPS) is 12.9. The van der Waals surface area contributed by atoms with Crippen molar-refractivity contribution in [3.05, 3.63) is 64.1 Å². The number of benzene rings is 2. The maximum absolute atomic E-state index is 12.2. The Bertz CT molecular complexity index is 766. The molecular formula is C19H22Cl2N3O2+. The van der Waals surface area contributed by atoms with Crippen molar-refractivity contribution in [3.63, 3.8) is 0 Å². The van der Waals surface area contributed by atoms with Crippen molar-refractivity contribution in [3.8, 4) is 0 Å². The first-order valence-electron chi connectivity index (χ1n) is 8.25. The fourth-order valence-corrected chi connectivity index (χ4v) is 2.80. The van der Waals surface area contributed by atoms with Crippen LogP contribution in [0.5, 0.6) is 0 Å². The summed E-state index contributed by atoms with van der Waals surface area (Å²) in [7, 11) is 1.79. The van der Waals surface area contributed by atoms with E-state index in [1.54, 1.807) is 43.4 Å². The number of hydrogen-bond acceptors (Lipinski definition) is 2. The zero-order valence-electron chi connectivity index (χ0n) is 14.7. The van der Waals surface area contributed by atoms with Crippen LogP contribution in [0.4, 0.5) is 5.69 Å². The standard InChI is InChI=1S/C19H21Cl2N3O2/c1-13(14-7-9-15(20)10-8-14)22-18(25)11-24(2)12-19(26)23-17-6-4-3-5-16(17)21/h3-10,13H,11-12H2,1-2H3,(H,22,25)(H,23,26)/p+1/t13-/m0/s1. The van der Waals surface area contributed by atoms with E-state index in [-0.39, 0.29) is 30.9 Å². The maximum Gasteiger partial charge on any atom is 0.279 e. The van der Waals surface area contributed by atoms with Gasteiger partial charge in [-0.25, -0.2) is 0 Å². The second-order valence-electron chi connectivity index (χ2n) is 6.18. The fraction of sp³-hybridized carbons (Fsp3) is 0.263. The highest BCUT2D eigenvalue weighted by molar-refractivity contribution is 6.33. The number of likely N-dealkylation sites (N-methyl/N-ethyl adjacent to an activating group) is 1. The van der Waals surface area contributed by atoms with Crippen LogP contribution in [0.3, 0.4) is 0 Å². The summed E-state index contributed by atoms with van der Waals surface area (Å²) in [5, 5.41) is 6.81. The topological polar surface area (TPSA) is 62.6 Å². The second kappa shape index (κ2) is 9.57. The molecule has 2 aromatic rings. The highest BCUT2D eigenvalue weighted by atomic mass is 35.5. The Morgan fingerprint density at radius 2 is 1.62 bits per heavy atom. The van der Waals surface area contributed by atoms with E-state index in [4.69, 9.17) is 23.2 Å². The molecule has 0 saturated carbocycles. The lowest BCUT2D eigenvalue weighted by molar-refractivity contribution is -0.862. The Morgan fingerprint density at radius 3 is 2.27 bits per heavy atom. The third-order valence-electron chi connectivity index (χ3n) is 3.82. The maximum atomic E-state index is 12.2. The third kappa shape index (κ3) is 6.33. The van der Waals surface area contributed by atoms with Crippen molar-refractivity contribution >= 4 is 40.7 Å². The molecule has 2 amide bonds. The molecule has 7 heteroatoms. The van der Waals surface area contributed by atoms with E-state index in [2.05, 4.69) is 10.6 Å². The summed E-state index contributed by atoms with van der Waals surface area (Å²) in [5.41, 5.74) is 1.53. The van der Waals surface area contributed by atoms with Crippen molar-refractivity contribution in [1.29, 1.82) is 0 Å². The van der Waals surface area contributed by atoms with Gasteiger partial charge in [-0.05, 0) is 36.8 Å². The lowest BCUT2D eigenvalue weighted by Crippen LogP contribution is -3.11. The average Bonchev–Trinajstić information content (AvgIpc) is 2.57. The van der Waals surface area contributed by atoms with Crippen molar-refractivity contribution < 1.29 is 14.5 Å². The Balaban J connectivity index is 1.80. The lowest BCUT2D eigenvalue weighted by atomic mass is 10.1. The summed E-state index contributed by atoms with van der Waals surface area (Å²) in [6, 6.07) is 14.2. The SMILES string of the molecule is C[C@H](NC(=O)C[NH+](C)CC(=O)Nc1ccccc1Cl)c1ccc(Cl)cc1. The summed E-state index contributed by atoms with van der Waals surface area (Å²) < 4.78 is 0. The molecule has 0 bridgehead atoms. The molecular weight excluding hydrogens is 373 g/mol. The molecule has 2 rings (SSSR count). The van der Waals surface area contributed by atoms with Crippen LogP contribution in [0, 0.1) is 0 Å². The van der Waals surface area contributed by atoms with E-state index in [1.807, 2.05) is 19.1 Å². The number of hydrogen-bond donors (Lipinski definition) is 3. The molecule has 0 heterocycles. The number of nitrogens with one attached hydrogen (secondary N) is 3. The molecule has 2 aromatic carbocycles. The summed E-state index contributed by atoms with van der Waals surface area (Å²) in [4.78, 5) is 25.1. The van der Waals surface area contributed by atoms with Gasteiger partial charge < -0.3 is 15.5 Å².